The molecule has 0 saturated carbocycles. The molecule has 1 amide bonds. The van der Waals surface area contributed by atoms with Crippen molar-refractivity contribution in [2.75, 3.05) is 18.5 Å². The smallest absolute Gasteiger partial charge is 0.240 e. The maximum Gasteiger partial charge on any atom is 0.240 e. The minimum atomic E-state index is -3.63. The second kappa shape index (κ2) is 8.33. The van der Waals surface area contributed by atoms with E-state index in [0.29, 0.717) is 5.69 Å². The van der Waals surface area contributed by atoms with Crippen LogP contribution >= 0.6 is 0 Å². The molecule has 0 aliphatic heterocycles. The molecule has 2 rings (SSSR count). The van der Waals surface area contributed by atoms with Crippen LogP contribution < -0.4 is 14.8 Å². The van der Waals surface area contributed by atoms with Gasteiger partial charge in [0.25, 0.3) is 0 Å². The lowest BCUT2D eigenvalue weighted by atomic mass is 10.1. The summed E-state index contributed by atoms with van der Waals surface area (Å²) in [5.74, 6) is 0.585. The Balaban J connectivity index is 1.94. The minimum absolute atomic E-state index is 0.134. The predicted octanol–water partition coefficient (Wildman–Crippen LogP) is 2.93. The maximum absolute atomic E-state index is 12.3. The van der Waals surface area contributed by atoms with E-state index in [4.69, 9.17) is 4.74 Å². The molecule has 0 heterocycles. The Labute approximate surface area is 154 Å². The molecular formula is C19H24N2O4S. The van der Waals surface area contributed by atoms with E-state index in [0.717, 1.165) is 22.4 Å². The van der Waals surface area contributed by atoms with E-state index in [9.17, 15) is 13.2 Å². The van der Waals surface area contributed by atoms with E-state index in [1.54, 1.807) is 12.1 Å². The van der Waals surface area contributed by atoms with Crippen molar-refractivity contribution in [1.82, 2.24) is 4.72 Å². The van der Waals surface area contributed by atoms with Gasteiger partial charge >= 0.3 is 0 Å². The van der Waals surface area contributed by atoms with Gasteiger partial charge in [-0.3, -0.25) is 4.79 Å². The summed E-state index contributed by atoms with van der Waals surface area (Å²) in [6.07, 6.45) is 0. The van der Waals surface area contributed by atoms with E-state index >= 15 is 0 Å². The van der Waals surface area contributed by atoms with Crippen LogP contribution in [0.3, 0.4) is 0 Å². The Hall–Kier alpha value is -2.38. The average Bonchev–Trinajstić information content (AvgIpc) is 2.57. The highest BCUT2D eigenvalue weighted by Gasteiger charge is 2.14. The van der Waals surface area contributed by atoms with Crippen molar-refractivity contribution >= 4 is 21.6 Å². The number of amides is 1. The molecule has 0 aromatic heterocycles. The van der Waals surface area contributed by atoms with Gasteiger partial charge in [0, 0.05) is 19.2 Å². The van der Waals surface area contributed by atoms with Crippen molar-refractivity contribution in [3.05, 3.63) is 53.1 Å². The van der Waals surface area contributed by atoms with Crippen LogP contribution in [-0.2, 0) is 14.8 Å². The van der Waals surface area contributed by atoms with E-state index in [-0.39, 0.29) is 24.0 Å². The van der Waals surface area contributed by atoms with Gasteiger partial charge in [-0.2, -0.15) is 0 Å². The standard InChI is InChI=1S/C19H24N2O4S/c1-13-5-6-14(2)19(15(13)3)25-12-11-20-26(23,24)18-9-7-17(8-10-18)21-16(4)22/h5-10,20H,11-12H2,1-4H3,(H,21,22). The number of carbonyl (C=O) groups is 1. The molecule has 0 bridgehead atoms. The second-order valence-electron chi connectivity index (χ2n) is 6.11. The molecule has 0 aliphatic rings. The van der Waals surface area contributed by atoms with Gasteiger partial charge < -0.3 is 10.1 Å². The summed E-state index contributed by atoms with van der Waals surface area (Å²) in [5.41, 5.74) is 3.75. The summed E-state index contributed by atoms with van der Waals surface area (Å²) >= 11 is 0. The van der Waals surface area contributed by atoms with E-state index in [1.807, 2.05) is 32.9 Å². The average molecular weight is 376 g/mol. The van der Waals surface area contributed by atoms with Crippen molar-refractivity contribution in [3.8, 4) is 5.75 Å². The zero-order valence-electron chi connectivity index (χ0n) is 15.4. The monoisotopic (exact) mass is 376 g/mol. The van der Waals surface area contributed by atoms with Crippen LogP contribution in [-0.4, -0.2) is 27.5 Å². The van der Waals surface area contributed by atoms with Crippen molar-refractivity contribution in [1.29, 1.82) is 0 Å². The topological polar surface area (TPSA) is 84.5 Å². The number of hydrogen-bond acceptors (Lipinski definition) is 4. The fourth-order valence-corrected chi connectivity index (χ4v) is 3.49. The minimum Gasteiger partial charge on any atom is -0.492 e. The number of ether oxygens (including phenoxy) is 1. The molecule has 0 unspecified atom stereocenters. The molecular weight excluding hydrogens is 352 g/mol. The Bertz CT molecular complexity index is 891. The number of carbonyl (C=O) groups excluding carboxylic acids is 1. The van der Waals surface area contributed by atoms with Gasteiger partial charge in [-0.15, -0.1) is 0 Å². The zero-order valence-corrected chi connectivity index (χ0v) is 16.2. The quantitative estimate of drug-likeness (QED) is 0.728. The number of aryl methyl sites for hydroxylation is 2. The van der Waals surface area contributed by atoms with Gasteiger partial charge in [-0.05, 0) is 61.7 Å². The first-order chi connectivity index (χ1) is 12.2. The van der Waals surface area contributed by atoms with Crippen LogP contribution in [0.2, 0.25) is 0 Å². The summed E-state index contributed by atoms with van der Waals surface area (Å²) in [7, 11) is -3.63. The largest absolute Gasteiger partial charge is 0.492 e. The summed E-state index contributed by atoms with van der Waals surface area (Å²) < 4.78 is 32.9. The van der Waals surface area contributed by atoms with Crippen LogP contribution in [0, 0.1) is 20.8 Å². The Morgan fingerprint density at radius 1 is 1.00 bits per heavy atom. The van der Waals surface area contributed by atoms with Crippen LogP contribution in [0.1, 0.15) is 23.6 Å². The lowest BCUT2D eigenvalue weighted by Crippen LogP contribution is -2.28. The molecule has 0 aliphatic carbocycles. The lowest BCUT2D eigenvalue weighted by Gasteiger charge is -2.14. The summed E-state index contributed by atoms with van der Waals surface area (Å²) in [4.78, 5) is 11.1. The van der Waals surface area contributed by atoms with Crippen LogP contribution in [0.5, 0.6) is 5.75 Å². The van der Waals surface area contributed by atoms with Gasteiger partial charge in [-0.25, -0.2) is 13.1 Å². The van der Waals surface area contributed by atoms with E-state index in [2.05, 4.69) is 10.0 Å². The highest BCUT2D eigenvalue weighted by Crippen LogP contribution is 2.25. The first-order valence-corrected chi connectivity index (χ1v) is 9.76. The van der Waals surface area contributed by atoms with Gasteiger partial charge in [0.1, 0.15) is 12.4 Å². The third-order valence-electron chi connectivity index (χ3n) is 4.00. The fourth-order valence-electron chi connectivity index (χ4n) is 2.48. The van der Waals surface area contributed by atoms with Crippen molar-refractivity contribution in [2.24, 2.45) is 0 Å². The van der Waals surface area contributed by atoms with Crippen LogP contribution in [0.15, 0.2) is 41.3 Å². The Kier molecular flexibility index (Phi) is 6.39. The summed E-state index contributed by atoms with van der Waals surface area (Å²) in [6, 6.07) is 10.0. The van der Waals surface area contributed by atoms with E-state index < -0.39 is 10.0 Å². The molecule has 0 fully saturated rings. The molecule has 140 valence electrons. The third-order valence-corrected chi connectivity index (χ3v) is 5.48. The van der Waals surface area contributed by atoms with Crippen molar-refractivity contribution in [2.45, 2.75) is 32.6 Å². The molecule has 2 aromatic carbocycles. The highest BCUT2D eigenvalue weighted by molar-refractivity contribution is 7.89. The molecule has 0 radical (unpaired) electrons. The molecule has 0 atom stereocenters. The fraction of sp³-hybridized carbons (Fsp3) is 0.316. The summed E-state index contributed by atoms with van der Waals surface area (Å²) in [5, 5.41) is 2.59. The number of hydrogen-bond donors (Lipinski definition) is 2. The number of anilines is 1. The predicted molar refractivity (Wildman–Crippen MR) is 102 cm³/mol. The lowest BCUT2D eigenvalue weighted by molar-refractivity contribution is -0.114. The molecule has 0 spiro atoms. The molecule has 6 nitrogen and oxygen atoms in total. The van der Waals surface area contributed by atoms with Crippen LogP contribution in [0.4, 0.5) is 5.69 Å². The summed E-state index contributed by atoms with van der Waals surface area (Å²) in [6.45, 7) is 7.73. The number of nitrogens with one attached hydrogen (secondary N) is 2. The second-order valence-corrected chi connectivity index (χ2v) is 7.87. The Morgan fingerprint density at radius 3 is 2.23 bits per heavy atom. The van der Waals surface area contributed by atoms with Gasteiger partial charge in [0.05, 0.1) is 4.90 Å². The van der Waals surface area contributed by atoms with E-state index in [1.165, 1.54) is 19.1 Å². The van der Waals surface area contributed by atoms with Crippen molar-refractivity contribution in [3.63, 3.8) is 0 Å². The normalized spacial score (nSPS) is 11.2. The molecule has 0 saturated heterocycles. The Morgan fingerprint density at radius 2 is 1.62 bits per heavy atom. The number of sulfonamides is 1. The first kappa shape index (κ1) is 19.9. The third kappa shape index (κ3) is 5.06. The molecule has 2 aromatic rings. The highest BCUT2D eigenvalue weighted by atomic mass is 32.2. The first-order valence-electron chi connectivity index (χ1n) is 8.27. The maximum atomic E-state index is 12.3. The number of rotatable bonds is 7. The zero-order chi connectivity index (χ0) is 19.3. The van der Waals surface area contributed by atoms with Crippen molar-refractivity contribution < 1.29 is 17.9 Å². The van der Waals surface area contributed by atoms with Gasteiger partial charge in [-0.1, -0.05) is 12.1 Å². The molecule has 7 heteroatoms. The molecule has 2 N–H and O–H groups in total. The van der Waals surface area contributed by atoms with Gasteiger partial charge in [0.2, 0.25) is 15.9 Å². The molecule has 26 heavy (non-hydrogen) atoms. The van der Waals surface area contributed by atoms with Gasteiger partial charge in [0.15, 0.2) is 0 Å². The number of benzene rings is 2. The van der Waals surface area contributed by atoms with Crippen LogP contribution in [0.25, 0.3) is 0 Å². The SMILES string of the molecule is CC(=O)Nc1ccc(S(=O)(=O)NCCOc2c(C)ccc(C)c2C)cc1.